The van der Waals surface area contributed by atoms with Crippen molar-refractivity contribution >= 4 is 11.9 Å². The molecule has 0 bridgehead atoms. The monoisotopic (exact) mass is 228 g/mol. The number of hydrogen-bond donors (Lipinski definition) is 0. The molecule has 0 saturated carbocycles. The van der Waals surface area contributed by atoms with E-state index in [1.54, 1.807) is 0 Å². The number of allylic oxidation sites excluding steroid dienone is 2. The first-order chi connectivity index (χ1) is 8.27. The van der Waals surface area contributed by atoms with E-state index in [-0.39, 0.29) is 0 Å². The molecule has 0 aromatic carbocycles. The Morgan fingerprint density at radius 1 is 1.41 bits per heavy atom. The number of aryl methyl sites for hydroxylation is 1. The molecule has 0 aliphatic carbocycles. The Labute approximate surface area is 103 Å². The topological polar surface area (TPSA) is 17.3 Å². The molecule has 0 saturated heterocycles. The lowest BCUT2D eigenvalue weighted by Crippen LogP contribution is -1.99. The van der Waals surface area contributed by atoms with Gasteiger partial charge in [0, 0.05) is 18.1 Å². The van der Waals surface area contributed by atoms with Crippen molar-refractivity contribution in [3.63, 3.8) is 0 Å². The highest BCUT2D eigenvalue weighted by molar-refractivity contribution is 5.65. The Bertz CT molecular complexity index is 485. The molecule has 1 atom stereocenters. The second-order valence-corrected chi connectivity index (χ2v) is 4.60. The average Bonchev–Trinajstić information content (AvgIpc) is 2.52. The van der Waals surface area contributed by atoms with Crippen LogP contribution in [-0.4, -0.2) is 10.5 Å². The number of nitrogens with zero attached hydrogens (tertiary/aromatic N) is 2. The van der Waals surface area contributed by atoms with Crippen LogP contribution in [0.15, 0.2) is 23.5 Å². The first kappa shape index (κ1) is 11.9. The SMILES string of the molecule is CCCC(C)c1c(CC)cn2c1C=CC=C=N2. The third-order valence-corrected chi connectivity index (χ3v) is 3.33. The van der Waals surface area contributed by atoms with Crippen molar-refractivity contribution in [2.45, 2.75) is 46.0 Å². The van der Waals surface area contributed by atoms with Crippen LogP contribution in [0.4, 0.5) is 0 Å². The maximum Gasteiger partial charge on any atom is 0.0691 e. The normalized spacial score (nSPS) is 14.8. The Hall–Kier alpha value is -1.53. The average molecular weight is 228 g/mol. The summed E-state index contributed by atoms with van der Waals surface area (Å²) in [5.41, 5.74) is 4.11. The fourth-order valence-corrected chi connectivity index (χ4v) is 2.53. The Kier molecular flexibility index (Phi) is 3.65. The summed E-state index contributed by atoms with van der Waals surface area (Å²) in [5.74, 6) is 3.52. The molecule has 2 heteroatoms. The largest absolute Gasteiger partial charge is 0.232 e. The van der Waals surface area contributed by atoms with E-state index in [0.717, 1.165) is 6.42 Å². The fraction of sp³-hybridized carbons (Fsp3) is 0.467. The molecule has 0 radical (unpaired) electrons. The number of rotatable bonds is 4. The molecule has 1 aromatic rings. The summed E-state index contributed by atoms with van der Waals surface area (Å²) in [6, 6.07) is 0. The zero-order chi connectivity index (χ0) is 12.3. The molecule has 2 rings (SSSR count). The maximum atomic E-state index is 4.31. The summed E-state index contributed by atoms with van der Waals surface area (Å²) >= 11 is 0. The van der Waals surface area contributed by atoms with E-state index in [2.05, 4.69) is 44.0 Å². The summed E-state index contributed by atoms with van der Waals surface area (Å²) in [7, 11) is 0. The van der Waals surface area contributed by atoms with Crippen molar-refractivity contribution in [3.8, 4) is 0 Å². The molecule has 17 heavy (non-hydrogen) atoms. The lowest BCUT2D eigenvalue weighted by Gasteiger charge is -2.12. The van der Waals surface area contributed by atoms with Gasteiger partial charge in [-0.1, -0.05) is 33.3 Å². The van der Waals surface area contributed by atoms with Crippen LogP contribution in [0.25, 0.3) is 6.08 Å². The molecule has 90 valence electrons. The minimum atomic E-state index is 0.601. The summed E-state index contributed by atoms with van der Waals surface area (Å²) in [5, 5.41) is 4.31. The molecular formula is C15H20N2. The van der Waals surface area contributed by atoms with E-state index in [4.69, 9.17) is 0 Å². The molecule has 2 nitrogen and oxygen atoms in total. The van der Waals surface area contributed by atoms with Crippen LogP contribution in [0.2, 0.25) is 0 Å². The Morgan fingerprint density at radius 2 is 2.24 bits per heavy atom. The molecule has 0 fully saturated rings. The van der Waals surface area contributed by atoms with Crippen molar-refractivity contribution in [1.82, 2.24) is 4.68 Å². The van der Waals surface area contributed by atoms with Gasteiger partial charge >= 0.3 is 0 Å². The summed E-state index contributed by atoms with van der Waals surface area (Å²) in [6.45, 7) is 6.77. The molecule has 0 N–H and O–H groups in total. The van der Waals surface area contributed by atoms with Crippen LogP contribution >= 0.6 is 0 Å². The summed E-state index contributed by atoms with van der Waals surface area (Å²) in [4.78, 5) is 0. The Balaban J connectivity index is 2.51. The van der Waals surface area contributed by atoms with Gasteiger partial charge in [-0.15, -0.1) is 5.10 Å². The van der Waals surface area contributed by atoms with Crippen molar-refractivity contribution < 1.29 is 0 Å². The molecule has 1 aliphatic rings. The highest BCUT2D eigenvalue weighted by atomic mass is 15.3. The molecule has 1 aliphatic heterocycles. The summed E-state index contributed by atoms with van der Waals surface area (Å²) < 4.78 is 1.96. The number of aromatic nitrogens is 1. The van der Waals surface area contributed by atoms with Crippen molar-refractivity contribution in [3.05, 3.63) is 35.2 Å². The smallest absolute Gasteiger partial charge is 0.0691 e. The summed E-state index contributed by atoms with van der Waals surface area (Å²) in [6.07, 6.45) is 11.7. The van der Waals surface area contributed by atoms with Crippen LogP contribution in [0.5, 0.6) is 0 Å². The first-order valence-corrected chi connectivity index (χ1v) is 6.48. The number of fused-ring (bicyclic) bond motifs is 1. The van der Waals surface area contributed by atoms with Gasteiger partial charge in [-0.2, -0.15) is 0 Å². The third kappa shape index (κ3) is 2.27. The van der Waals surface area contributed by atoms with Gasteiger partial charge in [0.2, 0.25) is 0 Å². The molecule has 1 aromatic heterocycles. The maximum absolute atomic E-state index is 4.31. The van der Waals surface area contributed by atoms with E-state index >= 15 is 0 Å². The molecule has 0 spiro atoms. The van der Waals surface area contributed by atoms with Gasteiger partial charge < -0.3 is 0 Å². The van der Waals surface area contributed by atoms with E-state index in [0.29, 0.717) is 5.92 Å². The third-order valence-electron chi connectivity index (χ3n) is 3.33. The van der Waals surface area contributed by atoms with Crippen LogP contribution in [0, 0.1) is 0 Å². The van der Waals surface area contributed by atoms with Gasteiger partial charge in [-0.3, -0.25) is 0 Å². The molecule has 2 heterocycles. The lowest BCUT2D eigenvalue weighted by molar-refractivity contribution is 0.657. The predicted molar refractivity (Wildman–Crippen MR) is 73.6 cm³/mol. The number of hydrogen-bond acceptors (Lipinski definition) is 1. The standard InChI is InChI=1S/C15H20N2/c1-4-8-12(3)15-13(5-2)11-17-14(15)9-6-7-10-16-17/h6-7,9,11-12H,4-5,8H2,1-3H3. The molecule has 0 amide bonds. The van der Waals surface area contributed by atoms with E-state index < -0.39 is 0 Å². The zero-order valence-corrected chi connectivity index (χ0v) is 10.9. The van der Waals surface area contributed by atoms with Crippen LogP contribution in [0.3, 0.4) is 0 Å². The van der Waals surface area contributed by atoms with Gasteiger partial charge in [0.25, 0.3) is 0 Å². The second kappa shape index (κ2) is 5.20. The lowest BCUT2D eigenvalue weighted by atomic mass is 9.92. The van der Waals surface area contributed by atoms with Crippen LogP contribution < -0.4 is 0 Å². The highest BCUT2D eigenvalue weighted by Crippen LogP contribution is 2.31. The van der Waals surface area contributed by atoms with Crippen molar-refractivity contribution in [2.75, 3.05) is 0 Å². The van der Waals surface area contributed by atoms with Gasteiger partial charge in [0.05, 0.1) is 5.69 Å². The van der Waals surface area contributed by atoms with Gasteiger partial charge in [0.1, 0.15) is 0 Å². The predicted octanol–water partition coefficient (Wildman–Crippen LogP) is 3.97. The van der Waals surface area contributed by atoms with Gasteiger partial charge in [0.15, 0.2) is 0 Å². The quantitative estimate of drug-likeness (QED) is 0.742. The van der Waals surface area contributed by atoms with E-state index in [9.17, 15) is 0 Å². The van der Waals surface area contributed by atoms with Gasteiger partial charge in [-0.05, 0) is 36.0 Å². The Morgan fingerprint density at radius 3 is 2.94 bits per heavy atom. The van der Waals surface area contributed by atoms with Crippen LogP contribution in [0.1, 0.15) is 56.4 Å². The van der Waals surface area contributed by atoms with Crippen molar-refractivity contribution in [2.24, 2.45) is 5.10 Å². The minimum Gasteiger partial charge on any atom is -0.232 e. The second-order valence-electron chi connectivity index (χ2n) is 4.60. The van der Waals surface area contributed by atoms with E-state index in [1.165, 1.54) is 29.7 Å². The van der Waals surface area contributed by atoms with E-state index in [1.807, 2.05) is 16.8 Å². The van der Waals surface area contributed by atoms with Crippen LogP contribution in [-0.2, 0) is 6.42 Å². The fourth-order valence-electron chi connectivity index (χ4n) is 2.53. The highest BCUT2D eigenvalue weighted by Gasteiger charge is 2.18. The van der Waals surface area contributed by atoms with Crippen molar-refractivity contribution in [1.29, 1.82) is 0 Å². The zero-order valence-electron chi connectivity index (χ0n) is 10.9. The van der Waals surface area contributed by atoms with Gasteiger partial charge in [-0.25, -0.2) is 4.68 Å². The minimum absolute atomic E-state index is 0.601. The first-order valence-electron chi connectivity index (χ1n) is 6.48. The molecule has 1 unspecified atom stereocenters. The molecular weight excluding hydrogens is 208 g/mol.